The van der Waals surface area contributed by atoms with Gasteiger partial charge in [-0.05, 0) is 49.2 Å². The van der Waals surface area contributed by atoms with Gasteiger partial charge in [0.15, 0.2) is 5.82 Å². The summed E-state index contributed by atoms with van der Waals surface area (Å²) in [6, 6.07) is 10.1. The number of nitrogens with one attached hydrogen (secondary N) is 1. The van der Waals surface area contributed by atoms with Gasteiger partial charge in [-0.1, -0.05) is 39.7 Å². The van der Waals surface area contributed by atoms with E-state index in [1.165, 1.54) is 12.1 Å². The maximum Gasteiger partial charge on any atom is 0.416 e. The molecule has 0 saturated carbocycles. The predicted molar refractivity (Wildman–Crippen MR) is 104 cm³/mol. The number of aromatic nitrogens is 2. The van der Waals surface area contributed by atoms with E-state index in [2.05, 4.69) is 31.2 Å². The van der Waals surface area contributed by atoms with E-state index in [4.69, 9.17) is 11.6 Å². The zero-order chi connectivity index (χ0) is 19.8. The first-order chi connectivity index (χ1) is 12.6. The largest absolute Gasteiger partial charge is 0.416 e. The van der Waals surface area contributed by atoms with Crippen molar-refractivity contribution in [1.29, 1.82) is 0 Å². The summed E-state index contributed by atoms with van der Waals surface area (Å²) in [7, 11) is 0. The minimum absolute atomic E-state index is 0.190. The van der Waals surface area contributed by atoms with E-state index >= 15 is 0 Å². The lowest BCUT2D eigenvalue weighted by atomic mass is 10.1. The van der Waals surface area contributed by atoms with Crippen LogP contribution in [0.1, 0.15) is 16.7 Å². The third-order valence-electron chi connectivity index (χ3n) is 3.92. The summed E-state index contributed by atoms with van der Waals surface area (Å²) >= 11 is 9.55. The van der Waals surface area contributed by atoms with Crippen molar-refractivity contribution in [3.63, 3.8) is 0 Å². The van der Waals surface area contributed by atoms with Crippen LogP contribution < -0.4 is 5.32 Å². The number of halogens is 5. The first-order valence-corrected chi connectivity index (χ1v) is 9.06. The van der Waals surface area contributed by atoms with Crippen molar-refractivity contribution in [2.75, 3.05) is 5.32 Å². The molecule has 0 radical (unpaired) electrons. The number of aryl methyl sites for hydroxylation is 2. The normalized spacial score (nSPS) is 11.5. The molecule has 0 saturated heterocycles. The summed E-state index contributed by atoms with van der Waals surface area (Å²) in [5, 5.41) is 3.41. The van der Waals surface area contributed by atoms with Gasteiger partial charge in [0, 0.05) is 21.8 Å². The number of anilines is 2. The van der Waals surface area contributed by atoms with E-state index in [1.807, 2.05) is 26.0 Å². The fourth-order valence-corrected chi connectivity index (χ4v) is 3.53. The Morgan fingerprint density at radius 1 is 0.963 bits per heavy atom. The topological polar surface area (TPSA) is 37.8 Å². The molecule has 0 fully saturated rings. The van der Waals surface area contributed by atoms with Gasteiger partial charge in [-0.15, -0.1) is 0 Å². The van der Waals surface area contributed by atoms with Crippen molar-refractivity contribution < 1.29 is 13.2 Å². The highest BCUT2D eigenvalue weighted by atomic mass is 79.9. The van der Waals surface area contributed by atoms with Gasteiger partial charge in [-0.3, -0.25) is 0 Å². The molecule has 0 spiro atoms. The number of rotatable bonds is 3. The zero-order valence-electron chi connectivity index (χ0n) is 14.3. The summed E-state index contributed by atoms with van der Waals surface area (Å²) in [4.78, 5) is 8.52. The molecule has 3 rings (SSSR count). The molecule has 0 bridgehead atoms. The van der Waals surface area contributed by atoms with Gasteiger partial charge in [-0.2, -0.15) is 13.2 Å². The van der Waals surface area contributed by atoms with Crippen molar-refractivity contribution >= 4 is 39.0 Å². The van der Waals surface area contributed by atoms with Crippen LogP contribution >= 0.6 is 27.5 Å². The minimum Gasteiger partial charge on any atom is -0.340 e. The molecular weight excluding hydrogens is 443 g/mol. The fourth-order valence-electron chi connectivity index (χ4n) is 2.65. The summed E-state index contributed by atoms with van der Waals surface area (Å²) in [6.45, 7) is 3.92. The maximum absolute atomic E-state index is 12.7. The van der Waals surface area contributed by atoms with Crippen molar-refractivity contribution in [1.82, 2.24) is 9.97 Å². The number of hydrogen-bond acceptors (Lipinski definition) is 3. The van der Waals surface area contributed by atoms with E-state index in [9.17, 15) is 13.2 Å². The van der Waals surface area contributed by atoms with Crippen LogP contribution in [-0.4, -0.2) is 9.97 Å². The average molecular weight is 457 g/mol. The highest BCUT2D eigenvalue weighted by molar-refractivity contribution is 9.10. The van der Waals surface area contributed by atoms with Gasteiger partial charge in [0.1, 0.15) is 11.0 Å². The molecule has 1 N–H and O–H groups in total. The molecule has 0 unspecified atom stereocenters. The highest BCUT2D eigenvalue weighted by Crippen LogP contribution is 2.32. The standard InChI is InChI=1S/C19H14BrClF3N3/c1-10-7-14(20)8-11(2)17(10)26-16-9-15(21)25-18(27-16)12-3-5-13(6-4-12)19(22,23)24/h3-9H,1-2H3,(H,25,26,27). The van der Waals surface area contributed by atoms with Gasteiger partial charge >= 0.3 is 6.18 Å². The van der Waals surface area contributed by atoms with Crippen LogP contribution in [0.5, 0.6) is 0 Å². The number of benzene rings is 2. The zero-order valence-corrected chi connectivity index (χ0v) is 16.7. The SMILES string of the molecule is Cc1cc(Br)cc(C)c1Nc1cc(Cl)nc(-c2ccc(C(F)(F)F)cc2)n1. The monoisotopic (exact) mass is 455 g/mol. The Morgan fingerprint density at radius 3 is 2.11 bits per heavy atom. The summed E-state index contributed by atoms with van der Waals surface area (Å²) < 4.78 is 39.2. The van der Waals surface area contributed by atoms with Crippen LogP contribution in [0.15, 0.2) is 46.9 Å². The Morgan fingerprint density at radius 2 is 1.56 bits per heavy atom. The Labute approximate surface area is 167 Å². The Balaban J connectivity index is 1.96. The number of nitrogens with zero attached hydrogens (tertiary/aromatic N) is 2. The predicted octanol–water partition coefficient (Wildman–Crippen LogP) is 6.94. The van der Waals surface area contributed by atoms with Crippen LogP contribution in [0.25, 0.3) is 11.4 Å². The lowest BCUT2D eigenvalue weighted by Gasteiger charge is -2.14. The fraction of sp³-hybridized carbons (Fsp3) is 0.158. The number of hydrogen-bond donors (Lipinski definition) is 1. The molecule has 8 heteroatoms. The van der Waals surface area contributed by atoms with Crippen LogP contribution in [0, 0.1) is 13.8 Å². The molecule has 3 aromatic rings. The van der Waals surface area contributed by atoms with Crippen LogP contribution in [-0.2, 0) is 6.18 Å². The second-order valence-corrected chi connectivity index (χ2v) is 7.32. The Bertz CT molecular complexity index is 965. The minimum atomic E-state index is -4.39. The van der Waals surface area contributed by atoms with Gasteiger partial charge in [0.25, 0.3) is 0 Å². The first-order valence-electron chi connectivity index (χ1n) is 7.89. The average Bonchev–Trinajstić information content (AvgIpc) is 2.57. The van der Waals surface area contributed by atoms with Gasteiger partial charge < -0.3 is 5.32 Å². The summed E-state index contributed by atoms with van der Waals surface area (Å²) in [6.07, 6.45) is -4.39. The quantitative estimate of drug-likeness (QED) is 0.434. The third-order valence-corrected chi connectivity index (χ3v) is 4.57. The Kier molecular flexibility index (Phi) is 5.44. The highest BCUT2D eigenvalue weighted by Gasteiger charge is 2.30. The van der Waals surface area contributed by atoms with E-state index in [-0.39, 0.29) is 11.0 Å². The second-order valence-electron chi connectivity index (χ2n) is 6.01. The molecule has 0 aliphatic carbocycles. The summed E-state index contributed by atoms with van der Waals surface area (Å²) in [5.74, 6) is 0.699. The maximum atomic E-state index is 12.7. The molecule has 0 amide bonds. The molecule has 0 atom stereocenters. The van der Waals surface area contributed by atoms with Gasteiger partial charge in [0.05, 0.1) is 5.56 Å². The molecular formula is C19H14BrClF3N3. The van der Waals surface area contributed by atoms with Gasteiger partial charge in [-0.25, -0.2) is 9.97 Å². The molecule has 2 aromatic carbocycles. The smallest absolute Gasteiger partial charge is 0.340 e. The van der Waals surface area contributed by atoms with Crippen molar-refractivity contribution in [2.24, 2.45) is 0 Å². The van der Waals surface area contributed by atoms with E-state index < -0.39 is 11.7 Å². The molecule has 3 nitrogen and oxygen atoms in total. The Hall–Kier alpha value is -2.12. The lowest BCUT2D eigenvalue weighted by Crippen LogP contribution is -2.04. The van der Waals surface area contributed by atoms with Gasteiger partial charge in [0.2, 0.25) is 0 Å². The molecule has 0 aliphatic rings. The van der Waals surface area contributed by atoms with Crippen LogP contribution in [0.4, 0.5) is 24.7 Å². The summed E-state index contributed by atoms with van der Waals surface area (Å²) in [5.41, 5.74) is 2.61. The molecule has 0 aliphatic heterocycles. The molecule has 1 heterocycles. The first kappa shape index (κ1) is 19.6. The van der Waals surface area contributed by atoms with Crippen molar-refractivity contribution in [2.45, 2.75) is 20.0 Å². The third kappa shape index (κ3) is 4.59. The van der Waals surface area contributed by atoms with E-state index in [0.717, 1.165) is 33.4 Å². The molecule has 1 aromatic heterocycles. The van der Waals surface area contributed by atoms with E-state index in [0.29, 0.717) is 11.4 Å². The second kappa shape index (κ2) is 7.48. The van der Waals surface area contributed by atoms with Crippen LogP contribution in [0.3, 0.4) is 0 Å². The van der Waals surface area contributed by atoms with E-state index in [1.54, 1.807) is 6.07 Å². The van der Waals surface area contributed by atoms with Crippen molar-refractivity contribution in [3.05, 3.63) is 68.8 Å². The molecule has 140 valence electrons. The lowest BCUT2D eigenvalue weighted by molar-refractivity contribution is -0.137. The van der Waals surface area contributed by atoms with Crippen molar-refractivity contribution in [3.8, 4) is 11.4 Å². The number of alkyl halides is 3. The molecule has 27 heavy (non-hydrogen) atoms. The van der Waals surface area contributed by atoms with Crippen LogP contribution in [0.2, 0.25) is 5.15 Å².